The Morgan fingerprint density at radius 2 is 2.27 bits per heavy atom. The van der Waals surface area contributed by atoms with Crippen LogP contribution in [0.1, 0.15) is 12.5 Å². The lowest BCUT2D eigenvalue weighted by molar-refractivity contribution is 0.0529. The zero-order valence-corrected chi connectivity index (χ0v) is 18.6. The van der Waals surface area contributed by atoms with Crippen LogP contribution in [0.15, 0.2) is 47.6 Å². The molecule has 2 aromatic rings. The van der Waals surface area contributed by atoms with Gasteiger partial charge in [0.05, 0.1) is 19.3 Å². The molecule has 1 saturated heterocycles. The first-order valence-corrected chi connectivity index (χ1v) is 10.5. The van der Waals surface area contributed by atoms with E-state index in [1.165, 1.54) is 0 Å². The van der Waals surface area contributed by atoms with Gasteiger partial charge in [-0.25, -0.2) is 4.98 Å². The van der Waals surface area contributed by atoms with Gasteiger partial charge in [0.1, 0.15) is 18.2 Å². The summed E-state index contributed by atoms with van der Waals surface area (Å²) in [5.74, 6) is 2.56. The van der Waals surface area contributed by atoms with Crippen LogP contribution in [0.25, 0.3) is 0 Å². The third-order valence-electron chi connectivity index (χ3n) is 4.89. The molecule has 1 aromatic heterocycles. The molecule has 7 nitrogen and oxygen atoms in total. The van der Waals surface area contributed by atoms with Crippen molar-refractivity contribution in [2.24, 2.45) is 4.99 Å². The second kappa shape index (κ2) is 11.0. The number of aliphatic imine (C=N–C) groups is 1. The highest BCUT2D eigenvalue weighted by atomic mass is 35.5. The molecular formula is C22H30ClN5O2. The summed E-state index contributed by atoms with van der Waals surface area (Å²) in [5, 5.41) is 4.08. The average molecular weight is 432 g/mol. The van der Waals surface area contributed by atoms with Crippen molar-refractivity contribution in [3.8, 4) is 5.75 Å². The van der Waals surface area contributed by atoms with Crippen LogP contribution >= 0.6 is 11.6 Å². The number of ether oxygens (including phenoxy) is 2. The Kier molecular flexibility index (Phi) is 8.16. The van der Waals surface area contributed by atoms with Crippen LogP contribution in [0.4, 0.5) is 5.82 Å². The first kappa shape index (κ1) is 22.2. The van der Waals surface area contributed by atoms with Gasteiger partial charge in [-0.1, -0.05) is 17.7 Å². The molecule has 1 unspecified atom stereocenters. The van der Waals surface area contributed by atoms with Gasteiger partial charge in [-0.05, 0) is 42.8 Å². The molecule has 0 bridgehead atoms. The first-order valence-electron chi connectivity index (χ1n) is 10.2. The highest BCUT2D eigenvalue weighted by Gasteiger charge is 2.18. The molecule has 0 saturated carbocycles. The van der Waals surface area contributed by atoms with E-state index in [9.17, 15) is 0 Å². The number of aromatic nitrogens is 1. The molecule has 0 spiro atoms. The third-order valence-corrected chi connectivity index (χ3v) is 5.13. The minimum absolute atomic E-state index is 0.226. The molecule has 1 N–H and O–H groups in total. The summed E-state index contributed by atoms with van der Waals surface area (Å²) in [6.45, 7) is 6.45. The number of benzene rings is 1. The summed E-state index contributed by atoms with van der Waals surface area (Å²) in [5.41, 5.74) is 1.16. The maximum absolute atomic E-state index is 5.99. The fraction of sp³-hybridized carbons (Fsp3) is 0.455. The Morgan fingerprint density at radius 3 is 3.03 bits per heavy atom. The lowest BCUT2D eigenvalue weighted by Crippen LogP contribution is -2.42. The Bertz CT molecular complexity index is 848. The molecule has 2 heterocycles. The molecule has 1 aliphatic rings. The predicted molar refractivity (Wildman–Crippen MR) is 122 cm³/mol. The lowest BCUT2D eigenvalue weighted by atomic mass is 10.2. The standard InChI is InChI=1S/C22H30ClN5O2/c1-17-16-28(10-12-29-17)21-13-18(7-8-25-21)15-26-22(24-2)27(3)9-11-30-20-6-4-5-19(23)14-20/h4-8,13-14,17H,9-12,15-16H2,1-3H3,(H,24,26). The summed E-state index contributed by atoms with van der Waals surface area (Å²) >= 11 is 5.99. The number of pyridine rings is 1. The molecular weight excluding hydrogens is 402 g/mol. The zero-order chi connectivity index (χ0) is 21.3. The maximum atomic E-state index is 5.99. The van der Waals surface area contributed by atoms with Crippen LogP contribution in [0.2, 0.25) is 5.02 Å². The van der Waals surface area contributed by atoms with E-state index in [2.05, 4.69) is 33.2 Å². The minimum Gasteiger partial charge on any atom is -0.492 e. The molecule has 1 atom stereocenters. The number of nitrogens with zero attached hydrogens (tertiary/aromatic N) is 4. The van der Waals surface area contributed by atoms with Crippen LogP contribution in [0.3, 0.4) is 0 Å². The van der Waals surface area contributed by atoms with Gasteiger partial charge >= 0.3 is 0 Å². The van der Waals surface area contributed by atoms with Gasteiger partial charge in [0, 0.05) is 44.9 Å². The molecule has 1 fully saturated rings. The van der Waals surface area contributed by atoms with Gasteiger partial charge in [-0.2, -0.15) is 0 Å². The molecule has 1 aromatic carbocycles. The zero-order valence-electron chi connectivity index (χ0n) is 17.8. The van der Waals surface area contributed by atoms with E-state index in [1.54, 1.807) is 7.05 Å². The van der Waals surface area contributed by atoms with Crippen molar-refractivity contribution in [2.75, 3.05) is 51.8 Å². The van der Waals surface area contributed by atoms with E-state index < -0.39 is 0 Å². The Labute approximate surface area is 183 Å². The van der Waals surface area contributed by atoms with Gasteiger partial charge in [0.2, 0.25) is 0 Å². The molecule has 0 aliphatic carbocycles. The second-order valence-corrected chi connectivity index (χ2v) is 7.71. The molecule has 0 amide bonds. The number of guanidine groups is 1. The average Bonchev–Trinajstić information content (AvgIpc) is 2.74. The van der Waals surface area contributed by atoms with Crippen LogP contribution in [0, 0.1) is 0 Å². The largest absolute Gasteiger partial charge is 0.492 e. The van der Waals surface area contributed by atoms with E-state index >= 15 is 0 Å². The van der Waals surface area contributed by atoms with E-state index in [4.69, 9.17) is 21.1 Å². The second-order valence-electron chi connectivity index (χ2n) is 7.28. The summed E-state index contributed by atoms with van der Waals surface area (Å²) in [4.78, 5) is 13.2. The van der Waals surface area contributed by atoms with E-state index in [0.717, 1.165) is 42.8 Å². The summed E-state index contributed by atoms with van der Waals surface area (Å²) in [7, 11) is 3.77. The smallest absolute Gasteiger partial charge is 0.193 e. The quantitative estimate of drug-likeness (QED) is 0.537. The third kappa shape index (κ3) is 6.50. The number of anilines is 1. The van der Waals surface area contributed by atoms with Crippen LogP contribution in [-0.4, -0.2) is 68.9 Å². The number of likely N-dealkylation sites (N-methyl/N-ethyl adjacent to an activating group) is 1. The maximum Gasteiger partial charge on any atom is 0.193 e. The normalized spacial score (nSPS) is 17.0. The monoisotopic (exact) mass is 431 g/mol. The van der Waals surface area contributed by atoms with Gasteiger partial charge in [0.25, 0.3) is 0 Å². The molecule has 3 rings (SSSR count). The van der Waals surface area contributed by atoms with Gasteiger partial charge in [-0.3, -0.25) is 4.99 Å². The van der Waals surface area contributed by atoms with Crippen LogP contribution in [0.5, 0.6) is 5.75 Å². The first-order chi connectivity index (χ1) is 14.5. The number of hydrogen-bond donors (Lipinski definition) is 1. The number of nitrogens with one attached hydrogen (secondary N) is 1. The molecule has 162 valence electrons. The fourth-order valence-electron chi connectivity index (χ4n) is 3.30. The summed E-state index contributed by atoms with van der Waals surface area (Å²) in [6, 6.07) is 11.6. The molecule has 1 aliphatic heterocycles. The molecule has 30 heavy (non-hydrogen) atoms. The number of rotatable bonds is 7. The van der Waals surface area contributed by atoms with Crippen molar-refractivity contribution in [2.45, 2.75) is 19.6 Å². The Balaban J connectivity index is 1.49. The van der Waals surface area contributed by atoms with E-state index in [-0.39, 0.29) is 6.10 Å². The highest BCUT2D eigenvalue weighted by Crippen LogP contribution is 2.17. The van der Waals surface area contributed by atoms with Gasteiger partial charge in [-0.15, -0.1) is 0 Å². The van der Waals surface area contributed by atoms with Crippen molar-refractivity contribution >= 4 is 23.4 Å². The van der Waals surface area contributed by atoms with Crippen molar-refractivity contribution < 1.29 is 9.47 Å². The number of halogens is 1. The van der Waals surface area contributed by atoms with Crippen molar-refractivity contribution in [1.29, 1.82) is 0 Å². The highest BCUT2D eigenvalue weighted by molar-refractivity contribution is 6.30. The Morgan fingerprint density at radius 1 is 1.40 bits per heavy atom. The minimum atomic E-state index is 0.226. The lowest BCUT2D eigenvalue weighted by Gasteiger charge is -2.32. The molecule has 0 radical (unpaired) electrons. The van der Waals surface area contributed by atoms with E-state index in [0.29, 0.717) is 24.7 Å². The summed E-state index contributed by atoms with van der Waals surface area (Å²) in [6.07, 6.45) is 2.08. The number of morpholine rings is 1. The summed E-state index contributed by atoms with van der Waals surface area (Å²) < 4.78 is 11.4. The van der Waals surface area contributed by atoms with Crippen molar-refractivity contribution in [3.05, 3.63) is 53.2 Å². The van der Waals surface area contributed by atoms with Gasteiger partial charge < -0.3 is 24.6 Å². The Hall–Kier alpha value is -2.51. The molecule has 8 heteroatoms. The topological polar surface area (TPSA) is 62.2 Å². The van der Waals surface area contributed by atoms with Crippen molar-refractivity contribution in [1.82, 2.24) is 15.2 Å². The van der Waals surface area contributed by atoms with Crippen LogP contribution in [-0.2, 0) is 11.3 Å². The van der Waals surface area contributed by atoms with E-state index in [1.807, 2.05) is 48.5 Å². The fourth-order valence-corrected chi connectivity index (χ4v) is 3.48. The van der Waals surface area contributed by atoms with Crippen molar-refractivity contribution in [3.63, 3.8) is 0 Å². The van der Waals surface area contributed by atoms with Crippen LogP contribution < -0.4 is 15.0 Å². The predicted octanol–water partition coefficient (Wildman–Crippen LogP) is 3.05. The number of hydrogen-bond acceptors (Lipinski definition) is 5. The SMILES string of the molecule is CN=C(NCc1ccnc(N2CCOC(C)C2)c1)N(C)CCOc1cccc(Cl)c1. The van der Waals surface area contributed by atoms with Gasteiger partial charge in [0.15, 0.2) is 5.96 Å².